The van der Waals surface area contributed by atoms with Gasteiger partial charge in [-0.3, -0.25) is 4.79 Å². The van der Waals surface area contributed by atoms with Gasteiger partial charge < -0.3 is 10.2 Å². The number of nitrogens with zero attached hydrogens (tertiary/aromatic N) is 2. The highest BCUT2D eigenvalue weighted by Gasteiger charge is 2.17. The van der Waals surface area contributed by atoms with Gasteiger partial charge >= 0.3 is 0 Å². The van der Waals surface area contributed by atoms with Gasteiger partial charge in [-0.1, -0.05) is 6.42 Å². The quantitative estimate of drug-likeness (QED) is 0.614. The van der Waals surface area contributed by atoms with Crippen molar-refractivity contribution in [3.8, 4) is 6.07 Å². The van der Waals surface area contributed by atoms with Crippen molar-refractivity contribution in [3.63, 3.8) is 0 Å². The van der Waals surface area contributed by atoms with E-state index in [0.717, 1.165) is 31.6 Å². The van der Waals surface area contributed by atoms with Crippen molar-refractivity contribution in [2.45, 2.75) is 52.0 Å². The predicted octanol–water partition coefficient (Wildman–Crippen LogP) is 3.83. The number of unbranched alkanes of at least 4 members (excludes halogenated alkanes) is 1. The summed E-state index contributed by atoms with van der Waals surface area (Å²) in [6.07, 6.45) is 6.23. The summed E-state index contributed by atoms with van der Waals surface area (Å²) in [7, 11) is 0. The maximum atomic E-state index is 11.7. The summed E-state index contributed by atoms with van der Waals surface area (Å²) in [4.78, 5) is 14.3. The van der Waals surface area contributed by atoms with E-state index in [2.05, 4.69) is 23.2 Å². The molecule has 1 aliphatic rings. The molecule has 1 aromatic carbocycles. The molecule has 1 N–H and O–H groups in total. The Morgan fingerprint density at radius 2 is 2.22 bits per heavy atom. The number of Topliss-reactive ketones (excluding diaryl/α,β-unsaturated/α-hetero) is 1. The first-order chi connectivity index (χ1) is 11.1. The summed E-state index contributed by atoms with van der Waals surface area (Å²) < 4.78 is 0. The lowest BCUT2D eigenvalue weighted by Gasteiger charge is -2.33. The highest BCUT2D eigenvalue weighted by molar-refractivity contribution is 5.99. The minimum Gasteiger partial charge on any atom is -0.384 e. The summed E-state index contributed by atoms with van der Waals surface area (Å²) in [5.41, 5.74) is 2.02. The SMILES string of the molecule is CC(=O)c1ccc(C#N)cc1NCCCCN1CCCCC1C. The number of benzene rings is 1. The molecule has 0 amide bonds. The molecular formula is C19H27N3O. The van der Waals surface area contributed by atoms with Gasteiger partial charge in [0.05, 0.1) is 11.6 Å². The van der Waals surface area contributed by atoms with Crippen LogP contribution in [0.4, 0.5) is 5.69 Å². The second-order valence-electron chi connectivity index (χ2n) is 6.44. The zero-order valence-electron chi connectivity index (χ0n) is 14.3. The number of carbonyl (C=O) groups is 1. The summed E-state index contributed by atoms with van der Waals surface area (Å²) >= 11 is 0. The van der Waals surface area contributed by atoms with Crippen LogP contribution in [0.25, 0.3) is 0 Å². The summed E-state index contributed by atoms with van der Waals surface area (Å²) in [5.74, 6) is 0.0270. The molecule has 1 aromatic rings. The topological polar surface area (TPSA) is 56.1 Å². The van der Waals surface area contributed by atoms with Gasteiger partial charge in [-0.25, -0.2) is 0 Å². The molecule has 0 bridgehead atoms. The minimum absolute atomic E-state index is 0.0270. The number of likely N-dealkylation sites (tertiary alicyclic amines) is 1. The monoisotopic (exact) mass is 313 g/mol. The van der Waals surface area contributed by atoms with Crippen LogP contribution >= 0.6 is 0 Å². The number of hydrogen-bond donors (Lipinski definition) is 1. The van der Waals surface area contributed by atoms with Gasteiger partial charge in [-0.2, -0.15) is 5.26 Å². The summed E-state index contributed by atoms with van der Waals surface area (Å²) in [6, 6.07) is 8.04. The van der Waals surface area contributed by atoms with Crippen molar-refractivity contribution in [2.75, 3.05) is 25.0 Å². The number of piperidine rings is 1. The Hall–Kier alpha value is -1.86. The zero-order chi connectivity index (χ0) is 16.7. The molecule has 0 spiro atoms. The van der Waals surface area contributed by atoms with Crippen LogP contribution in [0.15, 0.2) is 18.2 Å². The zero-order valence-corrected chi connectivity index (χ0v) is 14.3. The first-order valence-corrected chi connectivity index (χ1v) is 8.65. The minimum atomic E-state index is 0.0270. The number of rotatable bonds is 7. The normalized spacial score (nSPS) is 18.4. The van der Waals surface area contributed by atoms with E-state index in [1.165, 1.54) is 25.8 Å². The van der Waals surface area contributed by atoms with Crippen LogP contribution < -0.4 is 5.32 Å². The molecule has 1 heterocycles. The van der Waals surface area contributed by atoms with Gasteiger partial charge in [-0.05, 0) is 70.8 Å². The number of hydrogen-bond acceptors (Lipinski definition) is 4. The Labute approximate surface area is 139 Å². The average Bonchev–Trinajstić information content (AvgIpc) is 2.55. The van der Waals surface area contributed by atoms with E-state index in [9.17, 15) is 4.79 Å². The summed E-state index contributed by atoms with van der Waals surface area (Å²) in [6.45, 7) is 7.10. The maximum absolute atomic E-state index is 11.7. The van der Waals surface area contributed by atoms with Crippen molar-refractivity contribution < 1.29 is 4.79 Å². The molecule has 1 saturated heterocycles. The average molecular weight is 313 g/mol. The van der Waals surface area contributed by atoms with Crippen molar-refractivity contribution in [3.05, 3.63) is 29.3 Å². The second kappa shape index (κ2) is 8.69. The molecule has 4 heteroatoms. The van der Waals surface area contributed by atoms with Crippen LogP contribution in [0.5, 0.6) is 0 Å². The van der Waals surface area contributed by atoms with Crippen LogP contribution in [-0.2, 0) is 0 Å². The van der Waals surface area contributed by atoms with E-state index < -0.39 is 0 Å². The molecule has 1 fully saturated rings. The van der Waals surface area contributed by atoms with Gasteiger partial charge in [-0.15, -0.1) is 0 Å². The van der Waals surface area contributed by atoms with E-state index in [4.69, 9.17) is 5.26 Å². The van der Waals surface area contributed by atoms with E-state index in [1.807, 2.05) is 0 Å². The Balaban J connectivity index is 1.79. The Morgan fingerprint density at radius 3 is 2.91 bits per heavy atom. The maximum Gasteiger partial charge on any atom is 0.161 e. The molecule has 1 aliphatic heterocycles. The van der Waals surface area contributed by atoms with E-state index in [0.29, 0.717) is 17.2 Å². The number of ketones is 1. The van der Waals surface area contributed by atoms with Crippen molar-refractivity contribution in [1.82, 2.24) is 4.90 Å². The Bertz CT molecular complexity index is 576. The molecule has 0 radical (unpaired) electrons. The fourth-order valence-electron chi connectivity index (χ4n) is 3.22. The molecule has 4 nitrogen and oxygen atoms in total. The first kappa shape index (κ1) is 17.5. The molecule has 0 aromatic heterocycles. The fraction of sp³-hybridized carbons (Fsp3) is 0.579. The van der Waals surface area contributed by atoms with Crippen LogP contribution in [0.1, 0.15) is 61.9 Å². The van der Waals surface area contributed by atoms with Crippen molar-refractivity contribution in [1.29, 1.82) is 5.26 Å². The largest absolute Gasteiger partial charge is 0.384 e. The predicted molar refractivity (Wildman–Crippen MR) is 93.8 cm³/mol. The van der Waals surface area contributed by atoms with Crippen molar-refractivity contribution >= 4 is 11.5 Å². The molecule has 1 atom stereocenters. The fourth-order valence-corrected chi connectivity index (χ4v) is 3.22. The second-order valence-corrected chi connectivity index (χ2v) is 6.44. The number of nitrogens with one attached hydrogen (secondary N) is 1. The van der Waals surface area contributed by atoms with Crippen LogP contribution in [0.2, 0.25) is 0 Å². The number of carbonyl (C=O) groups excluding carboxylic acids is 1. The number of nitriles is 1. The van der Waals surface area contributed by atoms with Gasteiger partial charge in [0.15, 0.2) is 5.78 Å². The van der Waals surface area contributed by atoms with Gasteiger partial charge in [0.25, 0.3) is 0 Å². The van der Waals surface area contributed by atoms with Gasteiger partial charge in [0, 0.05) is 23.8 Å². The number of anilines is 1. The highest BCUT2D eigenvalue weighted by Crippen LogP contribution is 2.19. The molecule has 1 unspecified atom stereocenters. The third-order valence-electron chi connectivity index (χ3n) is 4.66. The lowest BCUT2D eigenvalue weighted by Crippen LogP contribution is -2.38. The lowest BCUT2D eigenvalue weighted by atomic mass is 10.0. The molecule has 0 aliphatic carbocycles. The Morgan fingerprint density at radius 1 is 1.39 bits per heavy atom. The van der Waals surface area contributed by atoms with E-state index in [-0.39, 0.29) is 5.78 Å². The smallest absolute Gasteiger partial charge is 0.161 e. The van der Waals surface area contributed by atoms with Gasteiger partial charge in [0.1, 0.15) is 0 Å². The molecule has 124 valence electrons. The summed E-state index contributed by atoms with van der Waals surface area (Å²) in [5, 5.41) is 12.3. The third-order valence-corrected chi connectivity index (χ3v) is 4.66. The first-order valence-electron chi connectivity index (χ1n) is 8.65. The molecule has 0 saturated carbocycles. The van der Waals surface area contributed by atoms with Gasteiger partial charge in [0.2, 0.25) is 0 Å². The van der Waals surface area contributed by atoms with E-state index >= 15 is 0 Å². The molecule has 2 rings (SSSR count). The lowest BCUT2D eigenvalue weighted by molar-refractivity contribution is 0.101. The third kappa shape index (κ3) is 5.07. The van der Waals surface area contributed by atoms with E-state index in [1.54, 1.807) is 25.1 Å². The highest BCUT2D eigenvalue weighted by atomic mass is 16.1. The molecule has 23 heavy (non-hydrogen) atoms. The van der Waals surface area contributed by atoms with Crippen LogP contribution in [-0.4, -0.2) is 36.4 Å². The molecular weight excluding hydrogens is 286 g/mol. The van der Waals surface area contributed by atoms with Crippen LogP contribution in [0, 0.1) is 11.3 Å². The Kier molecular flexibility index (Phi) is 6.61. The van der Waals surface area contributed by atoms with Crippen LogP contribution in [0.3, 0.4) is 0 Å². The van der Waals surface area contributed by atoms with Crippen molar-refractivity contribution in [2.24, 2.45) is 0 Å². The standard InChI is InChI=1S/C19H27N3O/c1-15-7-3-5-11-22(15)12-6-4-10-21-19-13-17(14-20)8-9-18(19)16(2)23/h8-9,13,15,21H,3-7,10-12H2,1-2H3.